The minimum atomic E-state index is -0.846. The number of hydrogen-bond acceptors (Lipinski definition) is 4. The minimum absolute atomic E-state index is 0.00874. The van der Waals surface area contributed by atoms with Gasteiger partial charge in [0.25, 0.3) is 0 Å². The van der Waals surface area contributed by atoms with Crippen LogP contribution in [0.15, 0.2) is 18.2 Å². The molecule has 1 rings (SSSR count). The third-order valence-corrected chi connectivity index (χ3v) is 2.22. The van der Waals surface area contributed by atoms with Crippen LogP contribution in [0.5, 0.6) is 11.5 Å². The summed E-state index contributed by atoms with van der Waals surface area (Å²) in [6, 6.07) is 4.36. The first-order valence-electron chi connectivity index (χ1n) is 4.90. The number of aromatic hydroxyl groups is 2. The average Bonchev–Trinajstić information content (AvgIpc) is 2.19. The Morgan fingerprint density at radius 2 is 2.06 bits per heavy atom. The van der Waals surface area contributed by atoms with Crippen molar-refractivity contribution in [3.63, 3.8) is 0 Å². The Morgan fingerprint density at radius 1 is 1.38 bits per heavy atom. The molecule has 16 heavy (non-hydrogen) atoms. The molecular weight excluding hydrogens is 210 g/mol. The third-order valence-electron chi connectivity index (χ3n) is 2.22. The molecule has 0 saturated carbocycles. The number of carboxylic acid groups (broad SMARTS) is 1. The molecule has 0 bridgehead atoms. The van der Waals surface area contributed by atoms with Crippen molar-refractivity contribution < 1.29 is 20.1 Å². The van der Waals surface area contributed by atoms with Gasteiger partial charge in [-0.05, 0) is 13.1 Å². The van der Waals surface area contributed by atoms with Crippen molar-refractivity contribution in [2.75, 3.05) is 13.6 Å². The molecule has 0 fully saturated rings. The first-order valence-corrected chi connectivity index (χ1v) is 4.90. The lowest BCUT2D eigenvalue weighted by Crippen LogP contribution is -2.21. The summed E-state index contributed by atoms with van der Waals surface area (Å²) >= 11 is 0. The van der Waals surface area contributed by atoms with E-state index in [1.54, 1.807) is 18.0 Å². The molecule has 0 aromatic heterocycles. The van der Waals surface area contributed by atoms with E-state index in [0.717, 1.165) is 0 Å². The molecule has 0 radical (unpaired) electrons. The zero-order valence-corrected chi connectivity index (χ0v) is 9.05. The minimum Gasteiger partial charge on any atom is -0.508 e. The van der Waals surface area contributed by atoms with Gasteiger partial charge in [0.2, 0.25) is 0 Å². The second-order valence-electron chi connectivity index (χ2n) is 3.69. The molecule has 0 atom stereocenters. The zero-order chi connectivity index (χ0) is 12.1. The smallest absolute Gasteiger partial charge is 0.304 e. The number of nitrogens with zero attached hydrogens (tertiary/aromatic N) is 1. The summed E-state index contributed by atoms with van der Waals surface area (Å²) in [5.74, 6) is -0.821. The number of phenols is 2. The molecule has 0 spiro atoms. The van der Waals surface area contributed by atoms with Gasteiger partial charge in [-0.15, -0.1) is 0 Å². The fraction of sp³-hybridized carbons (Fsp3) is 0.364. The van der Waals surface area contributed by atoms with Crippen LogP contribution in [0.4, 0.5) is 0 Å². The molecule has 5 nitrogen and oxygen atoms in total. The van der Waals surface area contributed by atoms with Crippen LogP contribution < -0.4 is 0 Å². The van der Waals surface area contributed by atoms with Crippen molar-refractivity contribution in [1.82, 2.24) is 4.90 Å². The fourth-order valence-corrected chi connectivity index (χ4v) is 1.34. The maximum Gasteiger partial charge on any atom is 0.304 e. The summed E-state index contributed by atoms with van der Waals surface area (Å²) in [4.78, 5) is 12.2. The monoisotopic (exact) mass is 225 g/mol. The number of rotatable bonds is 5. The van der Waals surface area contributed by atoms with Crippen LogP contribution >= 0.6 is 0 Å². The summed E-state index contributed by atoms with van der Waals surface area (Å²) in [5.41, 5.74) is 0.658. The first kappa shape index (κ1) is 12.3. The maximum absolute atomic E-state index is 10.4. The lowest BCUT2D eigenvalue weighted by Gasteiger charge is -2.16. The Bertz CT molecular complexity index is 378. The lowest BCUT2D eigenvalue weighted by atomic mass is 10.2. The highest BCUT2D eigenvalue weighted by atomic mass is 16.4. The quantitative estimate of drug-likeness (QED) is 0.696. The Hall–Kier alpha value is -1.75. The Labute approximate surface area is 93.6 Å². The largest absolute Gasteiger partial charge is 0.508 e. The van der Waals surface area contributed by atoms with Crippen molar-refractivity contribution in [3.8, 4) is 11.5 Å². The Balaban J connectivity index is 2.55. The third kappa shape index (κ3) is 3.78. The van der Waals surface area contributed by atoms with Crippen molar-refractivity contribution in [3.05, 3.63) is 23.8 Å². The van der Waals surface area contributed by atoms with Crippen LogP contribution in [0.1, 0.15) is 12.0 Å². The summed E-state index contributed by atoms with van der Waals surface area (Å²) < 4.78 is 0. The maximum atomic E-state index is 10.4. The van der Waals surface area contributed by atoms with Gasteiger partial charge >= 0.3 is 5.97 Å². The SMILES string of the molecule is CN(CCC(=O)O)Cc1ccc(O)cc1O. The van der Waals surface area contributed by atoms with E-state index in [-0.39, 0.29) is 17.9 Å². The first-order chi connectivity index (χ1) is 7.49. The average molecular weight is 225 g/mol. The molecule has 0 aliphatic rings. The second kappa shape index (κ2) is 5.37. The Kier molecular flexibility index (Phi) is 4.13. The molecule has 1 aromatic rings. The molecule has 3 N–H and O–H groups in total. The van der Waals surface area contributed by atoms with Crippen molar-refractivity contribution in [2.24, 2.45) is 0 Å². The highest BCUT2D eigenvalue weighted by Gasteiger charge is 2.07. The number of benzene rings is 1. The lowest BCUT2D eigenvalue weighted by molar-refractivity contribution is -0.137. The van der Waals surface area contributed by atoms with Gasteiger partial charge in [0.05, 0.1) is 6.42 Å². The van der Waals surface area contributed by atoms with Crippen molar-refractivity contribution in [1.29, 1.82) is 0 Å². The highest BCUT2D eigenvalue weighted by Crippen LogP contribution is 2.23. The second-order valence-corrected chi connectivity index (χ2v) is 3.69. The number of carboxylic acids is 1. The molecule has 0 heterocycles. The molecule has 5 heteroatoms. The van der Waals surface area contributed by atoms with Crippen molar-refractivity contribution in [2.45, 2.75) is 13.0 Å². The molecule has 1 aromatic carbocycles. The van der Waals surface area contributed by atoms with E-state index in [9.17, 15) is 9.90 Å². The van der Waals surface area contributed by atoms with Gasteiger partial charge in [0, 0.05) is 24.7 Å². The summed E-state index contributed by atoms with van der Waals surface area (Å²) in [6.07, 6.45) is 0.0648. The highest BCUT2D eigenvalue weighted by molar-refractivity contribution is 5.66. The molecule has 88 valence electrons. The van der Waals surface area contributed by atoms with E-state index in [4.69, 9.17) is 10.2 Å². The summed E-state index contributed by atoms with van der Waals surface area (Å²) in [6.45, 7) is 0.856. The molecule has 0 amide bonds. The molecule has 0 aliphatic carbocycles. The van der Waals surface area contributed by atoms with Crippen LogP contribution in [-0.4, -0.2) is 39.8 Å². The topological polar surface area (TPSA) is 81.0 Å². The number of phenolic OH excluding ortho intramolecular Hbond substituents is 2. The van der Waals surface area contributed by atoms with Crippen LogP contribution in [0.2, 0.25) is 0 Å². The molecule has 0 aliphatic heterocycles. The number of aliphatic carboxylic acids is 1. The molecular formula is C11H15NO4. The van der Waals surface area contributed by atoms with Crippen LogP contribution in [0.3, 0.4) is 0 Å². The predicted octanol–water partition coefficient (Wildman–Crippen LogP) is 1.00. The fourth-order valence-electron chi connectivity index (χ4n) is 1.34. The van der Waals surface area contributed by atoms with Gasteiger partial charge in [-0.2, -0.15) is 0 Å². The number of hydrogen-bond donors (Lipinski definition) is 3. The van der Waals surface area contributed by atoms with E-state index in [0.29, 0.717) is 18.7 Å². The van der Waals surface area contributed by atoms with Gasteiger partial charge < -0.3 is 20.2 Å². The zero-order valence-electron chi connectivity index (χ0n) is 9.05. The van der Waals surface area contributed by atoms with E-state index in [1.807, 2.05) is 0 Å². The van der Waals surface area contributed by atoms with Crippen LogP contribution in [0.25, 0.3) is 0 Å². The normalized spacial score (nSPS) is 10.6. The molecule has 0 saturated heterocycles. The van der Waals surface area contributed by atoms with Gasteiger partial charge in [0.15, 0.2) is 0 Å². The van der Waals surface area contributed by atoms with Gasteiger partial charge in [-0.1, -0.05) is 6.07 Å². The standard InChI is InChI=1S/C11H15NO4/c1-12(5-4-11(15)16)7-8-2-3-9(13)6-10(8)14/h2-3,6,13-14H,4-5,7H2,1H3,(H,15,16). The van der Waals surface area contributed by atoms with E-state index < -0.39 is 5.97 Å². The van der Waals surface area contributed by atoms with Crippen molar-refractivity contribution >= 4 is 5.97 Å². The van der Waals surface area contributed by atoms with E-state index >= 15 is 0 Å². The van der Waals surface area contributed by atoms with E-state index in [2.05, 4.69) is 0 Å². The van der Waals surface area contributed by atoms with Gasteiger partial charge in [-0.25, -0.2) is 0 Å². The van der Waals surface area contributed by atoms with Crippen LogP contribution in [0, 0.1) is 0 Å². The van der Waals surface area contributed by atoms with Gasteiger partial charge in [-0.3, -0.25) is 4.79 Å². The summed E-state index contributed by atoms with van der Waals surface area (Å²) in [7, 11) is 1.77. The number of carbonyl (C=O) groups is 1. The predicted molar refractivity (Wildman–Crippen MR) is 58.4 cm³/mol. The summed E-state index contributed by atoms with van der Waals surface area (Å²) in [5, 5.41) is 27.1. The van der Waals surface area contributed by atoms with Gasteiger partial charge in [0.1, 0.15) is 11.5 Å². The molecule has 0 unspecified atom stereocenters. The van der Waals surface area contributed by atoms with Crippen LogP contribution in [-0.2, 0) is 11.3 Å². The van der Waals surface area contributed by atoms with E-state index in [1.165, 1.54) is 12.1 Å². The Morgan fingerprint density at radius 3 is 2.62 bits per heavy atom.